The van der Waals surface area contributed by atoms with E-state index in [0.717, 1.165) is 5.56 Å². The molecule has 0 aliphatic heterocycles. The fourth-order valence-electron chi connectivity index (χ4n) is 4.02. The van der Waals surface area contributed by atoms with Crippen molar-refractivity contribution in [2.24, 2.45) is 0 Å². The molecule has 9 heteroatoms. The Morgan fingerprint density at radius 2 is 1.44 bits per heavy atom. The monoisotopic (exact) mass is 504 g/mol. The Hall–Kier alpha value is -3.62. The van der Waals surface area contributed by atoms with Crippen LogP contribution in [0.3, 0.4) is 0 Å². The summed E-state index contributed by atoms with van der Waals surface area (Å²) in [5.74, 6) is -2.57. The smallest absolute Gasteiger partial charge is 0.422 e. The van der Waals surface area contributed by atoms with Crippen molar-refractivity contribution in [3.05, 3.63) is 100 Å². The van der Waals surface area contributed by atoms with E-state index in [1.165, 1.54) is 0 Å². The van der Waals surface area contributed by atoms with Crippen molar-refractivity contribution in [1.29, 1.82) is 0 Å². The zero-order valence-corrected chi connectivity index (χ0v) is 19.3. The number of aryl methyl sites for hydroxylation is 4. The highest BCUT2D eigenvalue weighted by Gasteiger charge is 2.37. The van der Waals surface area contributed by atoms with Gasteiger partial charge in [0.1, 0.15) is 28.8 Å². The van der Waals surface area contributed by atoms with Gasteiger partial charge >= 0.3 is 6.18 Å². The SMILES string of the molecule is CCOc1cnc(CCc2ccc3c(F)c(CCc4cc(F)c(C(F)(F)F)c(F)c4)ccc3c2)nc1. The molecular formula is C27H22F6N2O. The number of nitrogens with zero attached hydrogens (tertiary/aromatic N) is 2. The maximum Gasteiger partial charge on any atom is 0.422 e. The first kappa shape index (κ1) is 25.5. The van der Waals surface area contributed by atoms with E-state index >= 15 is 4.39 Å². The van der Waals surface area contributed by atoms with Crippen LogP contribution >= 0.6 is 0 Å². The molecule has 4 aromatic rings. The number of aromatic nitrogens is 2. The molecule has 0 aliphatic rings. The van der Waals surface area contributed by atoms with E-state index < -0.39 is 29.2 Å². The van der Waals surface area contributed by atoms with Crippen LogP contribution in [0.4, 0.5) is 26.3 Å². The van der Waals surface area contributed by atoms with E-state index in [0.29, 0.717) is 59.5 Å². The first-order chi connectivity index (χ1) is 17.2. The largest absolute Gasteiger partial charge is 0.491 e. The molecule has 0 fully saturated rings. The summed E-state index contributed by atoms with van der Waals surface area (Å²) in [5, 5.41) is 1.08. The van der Waals surface area contributed by atoms with Gasteiger partial charge in [0.25, 0.3) is 0 Å². The predicted octanol–water partition coefficient (Wildman–Crippen LogP) is 7.04. The highest BCUT2D eigenvalue weighted by molar-refractivity contribution is 5.84. The number of fused-ring (bicyclic) bond motifs is 1. The minimum atomic E-state index is -5.13. The molecule has 0 amide bonds. The third-order valence-electron chi connectivity index (χ3n) is 5.80. The highest BCUT2D eigenvalue weighted by Crippen LogP contribution is 2.34. The summed E-state index contributed by atoms with van der Waals surface area (Å²) in [6.07, 6.45) is -0.584. The van der Waals surface area contributed by atoms with E-state index in [4.69, 9.17) is 4.74 Å². The van der Waals surface area contributed by atoms with Gasteiger partial charge < -0.3 is 4.74 Å². The molecular weight excluding hydrogens is 482 g/mol. The molecule has 3 aromatic carbocycles. The van der Waals surface area contributed by atoms with Crippen molar-refractivity contribution < 1.29 is 31.1 Å². The lowest BCUT2D eigenvalue weighted by Gasteiger charge is -2.12. The molecule has 0 spiro atoms. The van der Waals surface area contributed by atoms with E-state index in [1.807, 2.05) is 19.1 Å². The van der Waals surface area contributed by atoms with Crippen LogP contribution < -0.4 is 4.74 Å². The Labute approximate surface area is 203 Å². The maximum atomic E-state index is 15.1. The van der Waals surface area contributed by atoms with Crippen molar-refractivity contribution in [2.75, 3.05) is 6.61 Å². The van der Waals surface area contributed by atoms with Gasteiger partial charge in [0.15, 0.2) is 5.75 Å². The van der Waals surface area contributed by atoms with Crippen molar-refractivity contribution >= 4 is 10.8 Å². The molecule has 3 nitrogen and oxygen atoms in total. The number of alkyl halides is 3. The van der Waals surface area contributed by atoms with E-state index in [2.05, 4.69) is 9.97 Å². The van der Waals surface area contributed by atoms with Gasteiger partial charge in [0.05, 0.1) is 19.0 Å². The number of benzene rings is 3. The molecule has 0 radical (unpaired) electrons. The van der Waals surface area contributed by atoms with Gasteiger partial charge in [0.2, 0.25) is 0 Å². The topological polar surface area (TPSA) is 35.0 Å². The zero-order chi connectivity index (χ0) is 25.9. The summed E-state index contributed by atoms with van der Waals surface area (Å²) in [7, 11) is 0. The lowest BCUT2D eigenvalue weighted by molar-refractivity contribution is -0.142. The zero-order valence-electron chi connectivity index (χ0n) is 19.3. The molecule has 4 rings (SSSR count). The molecule has 0 unspecified atom stereocenters. The van der Waals surface area contributed by atoms with Crippen LogP contribution in [-0.2, 0) is 31.9 Å². The molecule has 0 aliphatic carbocycles. The second-order valence-electron chi connectivity index (χ2n) is 8.29. The predicted molar refractivity (Wildman–Crippen MR) is 123 cm³/mol. The van der Waals surface area contributed by atoms with Crippen LogP contribution in [0.5, 0.6) is 5.75 Å². The quantitative estimate of drug-likeness (QED) is 0.242. The second-order valence-corrected chi connectivity index (χ2v) is 8.29. The Morgan fingerprint density at radius 1 is 0.778 bits per heavy atom. The van der Waals surface area contributed by atoms with Gasteiger partial charge in [-0.2, -0.15) is 13.2 Å². The van der Waals surface area contributed by atoms with Crippen molar-refractivity contribution in [3.8, 4) is 5.75 Å². The minimum Gasteiger partial charge on any atom is -0.491 e. The standard InChI is InChI=1S/C27H22F6N2O/c1-2-36-20-14-34-24(35-15-20)10-5-16-4-9-21-19(11-16)8-7-18(26(21)30)6-3-17-12-22(28)25(23(29)13-17)27(31,32)33/h4,7-9,11-15H,2-3,5-6,10H2,1H3. The average Bonchev–Trinajstić information content (AvgIpc) is 2.82. The Bertz CT molecular complexity index is 1350. The number of hydrogen-bond donors (Lipinski definition) is 0. The van der Waals surface area contributed by atoms with Crippen molar-refractivity contribution in [2.45, 2.75) is 38.8 Å². The Morgan fingerprint density at radius 3 is 2.08 bits per heavy atom. The number of halogens is 6. The molecule has 1 aromatic heterocycles. The normalized spacial score (nSPS) is 11.8. The van der Waals surface area contributed by atoms with E-state index in [-0.39, 0.29) is 18.4 Å². The molecule has 0 atom stereocenters. The van der Waals surface area contributed by atoms with Crippen LogP contribution in [0.15, 0.2) is 54.9 Å². The molecule has 188 valence electrons. The molecule has 36 heavy (non-hydrogen) atoms. The van der Waals surface area contributed by atoms with Gasteiger partial charge in [-0.3, -0.25) is 0 Å². The van der Waals surface area contributed by atoms with Gasteiger partial charge in [-0.25, -0.2) is 23.1 Å². The Balaban J connectivity index is 1.45. The molecule has 0 N–H and O–H groups in total. The van der Waals surface area contributed by atoms with Crippen LogP contribution in [0.2, 0.25) is 0 Å². The minimum absolute atomic E-state index is 0.0179. The number of rotatable bonds is 8. The lowest BCUT2D eigenvalue weighted by Crippen LogP contribution is -2.12. The third kappa shape index (κ3) is 5.78. The van der Waals surface area contributed by atoms with Gasteiger partial charge in [0, 0.05) is 11.8 Å². The summed E-state index contributed by atoms with van der Waals surface area (Å²) in [6, 6.07) is 9.96. The summed E-state index contributed by atoms with van der Waals surface area (Å²) in [4.78, 5) is 8.55. The fourth-order valence-corrected chi connectivity index (χ4v) is 4.02. The van der Waals surface area contributed by atoms with Gasteiger partial charge in [-0.1, -0.05) is 30.3 Å². The molecule has 0 saturated carbocycles. The number of ether oxygens (including phenoxy) is 1. The summed E-state index contributed by atoms with van der Waals surface area (Å²) >= 11 is 0. The molecule has 1 heterocycles. The average molecular weight is 504 g/mol. The summed E-state index contributed by atoms with van der Waals surface area (Å²) in [5.41, 5.74) is -0.626. The third-order valence-corrected chi connectivity index (χ3v) is 5.80. The van der Waals surface area contributed by atoms with Crippen LogP contribution in [-0.4, -0.2) is 16.6 Å². The van der Waals surface area contributed by atoms with E-state index in [1.54, 1.807) is 30.6 Å². The van der Waals surface area contributed by atoms with Crippen LogP contribution in [0.1, 0.15) is 35.0 Å². The van der Waals surface area contributed by atoms with Gasteiger partial charge in [-0.15, -0.1) is 0 Å². The van der Waals surface area contributed by atoms with Gasteiger partial charge in [-0.05, 0) is 60.4 Å². The van der Waals surface area contributed by atoms with Crippen molar-refractivity contribution in [1.82, 2.24) is 9.97 Å². The van der Waals surface area contributed by atoms with E-state index in [9.17, 15) is 22.0 Å². The first-order valence-electron chi connectivity index (χ1n) is 11.3. The highest BCUT2D eigenvalue weighted by atomic mass is 19.4. The van der Waals surface area contributed by atoms with Crippen LogP contribution in [0, 0.1) is 17.5 Å². The summed E-state index contributed by atoms with van der Waals surface area (Å²) < 4.78 is 86.4. The molecule has 0 saturated heterocycles. The fraction of sp³-hybridized carbons (Fsp3) is 0.259. The van der Waals surface area contributed by atoms with Crippen molar-refractivity contribution in [3.63, 3.8) is 0 Å². The lowest BCUT2D eigenvalue weighted by atomic mass is 9.97. The maximum absolute atomic E-state index is 15.1. The number of hydrogen-bond acceptors (Lipinski definition) is 3. The summed E-state index contributed by atoms with van der Waals surface area (Å²) in [6.45, 7) is 2.41. The Kier molecular flexibility index (Phi) is 7.47. The second kappa shape index (κ2) is 10.6. The first-order valence-corrected chi connectivity index (χ1v) is 11.3. The molecule has 0 bridgehead atoms. The van der Waals surface area contributed by atoms with Crippen LogP contribution in [0.25, 0.3) is 10.8 Å².